The van der Waals surface area contributed by atoms with Gasteiger partial charge in [0, 0.05) is 18.5 Å². The molecule has 15 heavy (non-hydrogen) atoms. The van der Waals surface area contributed by atoms with Crippen molar-refractivity contribution < 1.29 is 9.59 Å². The van der Waals surface area contributed by atoms with Gasteiger partial charge >= 0.3 is 0 Å². The maximum atomic E-state index is 10.9. The molecule has 0 atom stereocenters. The minimum Gasteiger partial charge on any atom is -0.304 e. The molecular weight excluding hydrogens is 194 g/mol. The van der Waals surface area contributed by atoms with E-state index >= 15 is 0 Å². The Bertz CT molecular complexity index is 388. The molecule has 1 heterocycles. The number of hydrogen-bond donors (Lipinski definition) is 1. The molecule has 1 N–H and O–H groups in total. The summed E-state index contributed by atoms with van der Waals surface area (Å²) in [6.07, 6.45) is 0.240. The van der Waals surface area contributed by atoms with Gasteiger partial charge in [0.1, 0.15) is 5.82 Å². The van der Waals surface area contributed by atoms with Crippen LogP contribution in [0, 0.1) is 0 Å². The van der Waals surface area contributed by atoms with Crippen LogP contribution in [0.5, 0.6) is 0 Å². The molecule has 0 unspecified atom stereocenters. The van der Waals surface area contributed by atoms with Crippen LogP contribution in [0.2, 0.25) is 0 Å². The number of nitrogens with zero attached hydrogens (tertiary/aromatic N) is 2. The fourth-order valence-electron chi connectivity index (χ4n) is 1.11. The minimum absolute atomic E-state index is 0.0814. The number of carbonyl (C=O) groups excluding carboxylic acids is 2. The molecule has 0 fully saturated rings. The highest BCUT2D eigenvalue weighted by molar-refractivity contribution is 6.29. The number of nitrogens with one attached hydrogen (secondary N) is 1. The van der Waals surface area contributed by atoms with Crippen LogP contribution in [0.3, 0.4) is 0 Å². The minimum atomic E-state index is -0.668. The fraction of sp³-hybridized carbons (Fsp3) is 0.500. The van der Waals surface area contributed by atoms with Crippen LogP contribution in [-0.4, -0.2) is 22.0 Å². The summed E-state index contributed by atoms with van der Waals surface area (Å²) in [4.78, 5) is 21.1. The normalized spacial score (nSPS) is 11.2. The molecule has 0 aliphatic heterocycles. The van der Waals surface area contributed by atoms with Gasteiger partial charge in [-0.25, -0.2) is 0 Å². The Balaban J connectivity index is 2.97. The van der Waals surface area contributed by atoms with E-state index in [9.17, 15) is 9.59 Å². The molecule has 82 valence electrons. The maximum Gasteiger partial charge on any atom is 0.289 e. The van der Waals surface area contributed by atoms with Crippen LogP contribution >= 0.6 is 0 Å². The van der Waals surface area contributed by atoms with Gasteiger partial charge in [-0.2, -0.15) is 5.10 Å². The van der Waals surface area contributed by atoms with E-state index < -0.39 is 5.91 Å². The summed E-state index contributed by atoms with van der Waals surface area (Å²) in [5.41, 5.74) is 0.785. The summed E-state index contributed by atoms with van der Waals surface area (Å²) in [5.74, 6) is -0.143. The van der Waals surface area contributed by atoms with E-state index in [2.05, 4.69) is 10.4 Å². The van der Waals surface area contributed by atoms with Gasteiger partial charge in [-0.1, -0.05) is 20.8 Å². The lowest BCUT2D eigenvalue weighted by molar-refractivity contribution is -0.127. The molecule has 1 amide bonds. The van der Waals surface area contributed by atoms with E-state index in [-0.39, 0.29) is 11.7 Å². The van der Waals surface area contributed by atoms with E-state index in [4.69, 9.17) is 0 Å². The standard InChI is InChI=1S/C10H15N3O2/c1-10(2,3)7-5-8(13(4)12-7)11-9(15)6-14/h5-6H,1-4H3,(H,11,15). The van der Waals surface area contributed by atoms with Crippen LogP contribution in [0.4, 0.5) is 5.82 Å². The zero-order chi connectivity index (χ0) is 11.6. The van der Waals surface area contributed by atoms with Crippen molar-refractivity contribution in [2.75, 3.05) is 5.32 Å². The van der Waals surface area contributed by atoms with E-state index in [0.717, 1.165) is 5.69 Å². The van der Waals surface area contributed by atoms with Crippen molar-refractivity contribution in [3.63, 3.8) is 0 Å². The van der Waals surface area contributed by atoms with Gasteiger partial charge in [0.15, 0.2) is 0 Å². The van der Waals surface area contributed by atoms with Gasteiger partial charge in [-0.05, 0) is 0 Å². The van der Waals surface area contributed by atoms with Crippen molar-refractivity contribution in [1.29, 1.82) is 0 Å². The summed E-state index contributed by atoms with van der Waals surface area (Å²) in [7, 11) is 1.72. The average molecular weight is 209 g/mol. The van der Waals surface area contributed by atoms with Crippen molar-refractivity contribution in [2.24, 2.45) is 7.05 Å². The monoisotopic (exact) mass is 209 g/mol. The Morgan fingerprint density at radius 1 is 1.53 bits per heavy atom. The molecule has 0 bridgehead atoms. The summed E-state index contributed by atoms with van der Waals surface area (Å²) >= 11 is 0. The van der Waals surface area contributed by atoms with Crippen LogP contribution in [0.25, 0.3) is 0 Å². The van der Waals surface area contributed by atoms with E-state index in [1.165, 1.54) is 0 Å². The number of anilines is 1. The quantitative estimate of drug-likeness (QED) is 0.580. The highest BCUT2D eigenvalue weighted by Crippen LogP contribution is 2.23. The highest BCUT2D eigenvalue weighted by Gasteiger charge is 2.19. The second-order valence-electron chi connectivity index (χ2n) is 4.40. The van der Waals surface area contributed by atoms with Crippen molar-refractivity contribution in [2.45, 2.75) is 26.2 Å². The first kappa shape index (κ1) is 11.4. The number of rotatable bonds is 2. The summed E-state index contributed by atoms with van der Waals surface area (Å²) in [5, 5.41) is 6.70. The molecule has 0 aromatic carbocycles. The SMILES string of the molecule is Cn1nc(C(C)(C)C)cc1NC(=O)C=O. The molecule has 0 spiro atoms. The van der Waals surface area contributed by atoms with Crippen molar-refractivity contribution >= 4 is 18.0 Å². The topological polar surface area (TPSA) is 64.0 Å². The van der Waals surface area contributed by atoms with Crippen molar-refractivity contribution in [1.82, 2.24) is 9.78 Å². The molecule has 0 radical (unpaired) electrons. The number of aromatic nitrogens is 2. The zero-order valence-corrected chi connectivity index (χ0v) is 9.37. The van der Waals surface area contributed by atoms with Gasteiger partial charge in [-0.3, -0.25) is 14.3 Å². The summed E-state index contributed by atoms with van der Waals surface area (Å²) in [6.45, 7) is 6.09. The lowest BCUT2D eigenvalue weighted by Crippen LogP contribution is -2.14. The van der Waals surface area contributed by atoms with Crippen molar-refractivity contribution in [3.8, 4) is 0 Å². The predicted molar refractivity (Wildman–Crippen MR) is 56.6 cm³/mol. The Labute approximate surface area is 88.5 Å². The second kappa shape index (κ2) is 3.84. The van der Waals surface area contributed by atoms with E-state index in [0.29, 0.717) is 5.82 Å². The first-order valence-electron chi connectivity index (χ1n) is 4.65. The number of aldehydes is 1. The number of hydrogen-bond acceptors (Lipinski definition) is 3. The van der Waals surface area contributed by atoms with E-state index in [1.54, 1.807) is 17.8 Å². The van der Waals surface area contributed by atoms with Gasteiger partial charge in [0.05, 0.1) is 5.69 Å². The Morgan fingerprint density at radius 3 is 2.53 bits per heavy atom. The molecule has 5 heteroatoms. The van der Waals surface area contributed by atoms with Crippen LogP contribution in [-0.2, 0) is 22.1 Å². The highest BCUT2D eigenvalue weighted by atomic mass is 16.2. The molecular formula is C10H15N3O2. The molecule has 0 aliphatic rings. The van der Waals surface area contributed by atoms with Gasteiger partial charge < -0.3 is 5.32 Å². The maximum absolute atomic E-state index is 10.9. The largest absolute Gasteiger partial charge is 0.304 e. The third-order valence-corrected chi connectivity index (χ3v) is 2.01. The lowest BCUT2D eigenvalue weighted by Gasteiger charge is -2.13. The first-order valence-corrected chi connectivity index (χ1v) is 4.65. The average Bonchev–Trinajstić information content (AvgIpc) is 2.47. The number of amides is 1. The second-order valence-corrected chi connectivity index (χ2v) is 4.40. The first-order chi connectivity index (χ1) is 6.84. The predicted octanol–water partition coefficient (Wildman–Crippen LogP) is 0.855. The molecule has 1 aromatic heterocycles. The number of carbonyl (C=O) groups is 2. The zero-order valence-electron chi connectivity index (χ0n) is 9.37. The third kappa shape index (κ3) is 2.65. The third-order valence-electron chi connectivity index (χ3n) is 2.01. The van der Waals surface area contributed by atoms with Gasteiger partial charge in [0.25, 0.3) is 5.91 Å². The lowest BCUT2D eigenvalue weighted by atomic mass is 9.92. The number of aryl methyl sites for hydroxylation is 1. The fourth-order valence-corrected chi connectivity index (χ4v) is 1.11. The van der Waals surface area contributed by atoms with Crippen LogP contribution < -0.4 is 5.32 Å². The Morgan fingerprint density at radius 2 is 2.13 bits per heavy atom. The smallest absolute Gasteiger partial charge is 0.289 e. The molecule has 0 saturated carbocycles. The molecule has 0 aliphatic carbocycles. The Kier molecular flexibility index (Phi) is 2.93. The summed E-state index contributed by atoms with van der Waals surface area (Å²) in [6, 6.07) is 1.77. The molecule has 5 nitrogen and oxygen atoms in total. The van der Waals surface area contributed by atoms with Crippen LogP contribution in [0.15, 0.2) is 6.07 Å². The van der Waals surface area contributed by atoms with E-state index in [1.807, 2.05) is 20.8 Å². The molecule has 0 saturated heterocycles. The van der Waals surface area contributed by atoms with Crippen LogP contribution in [0.1, 0.15) is 26.5 Å². The summed E-state index contributed by atoms with van der Waals surface area (Å²) < 4.78 is 1.54. The molecule has 1 aromatic rings. The molecule has 1 rings (SSSR count). The van der Waals surface area contributed by atoms with Crippen molar-refractivity contribution in [3.05, 3.63) is 11.8 Å². The Hall–Kier alpha value is -1.65. The van der Waals surface area contributed by atoms with Gasteiger partial charge in [-0.15, -0.1) is 0 Å². The van der Waals surface area contributed by atoms with Gasteiger partial charge in [0.2, 0.25) is 6.29 Å².